The summed E-state index contributed by atoms with van der Waals surface area (Å²) in [5, 5.41) is -0.517. The molecule has 0 amide bonds. The molecule has 2 aromatic rings. The topological polar surface area (TPSA) is 46.2 Å². The van der Waals surface area contributed by atoms with E-state index in [1.165, 1.54) is 6.07 Å². The number of nitrogens with one attached hydrogen (secondary N) is 1. The Morgan fingerprint density at radius 3 is 2.33 bits per heavy atom. The van der Waals surface area contributed by atoms with Crippen molar-refractivity contribution in [1.29, 1.82) is 0 Å². The van der Waals surface area contributed by atoms with Crippen LogP contribution in [0.2, 0.25) is 0 Å². The third-order valence-corrected chi connectivity index (χ3v) is 5.17. The Labute approximate surface area is 109 Å². The van der Waals surface area contributed by atoms with Crippen molar-refractivity contribution in [3.8, 4) is 0 Å². The minimum atomic E-state index is -3.68. The predicted octanol–water partition coefficient (Wildman–Crippen LogP) is 3.25. The third-order valence-electron chi connectivity index (χ3n) is 2.43. The average molecular weight is 285 g/mol. The van der Waals surface area contributed by atoms with Crippen LogP contribution in [0.5, 0.6) is 0 Å². The Bertz CT molecular complexity index is 632. The normalized spacial score (nSPS) is 11.4. The van der Waals surface area contributed by atoms with E-state index in [0.29, 0.717) is 17.0 Å². The van der Waals surface area contributed by atoms with E-state index in [1.807, 2.05) is 19.1 Å². The summed E-state index contributed by atoms with van der Waals surface area (Å²) in [6.07, 6.45) is 0.892. The van der Waals surface area contributed by atoms with E-state index in [1.54, 1.807) is 12.1 Å². The SMILES string of the molecule is CCc1ccc(NS(=O)(=O)c2ccc(F)s2)cc1. The molecule has 0 aliphatic carbocycles. The van der Waals surface area contributed by atoms with Crippen LogP contribution in [0.1, 0.15) is 12.5 Å². The van der Waals surface area contributed by atoms with Gasteiger partial charge in [-0.15, -0.1) is 0 Å². The van der Waals surface area contributed by atoms with Crippen LogP contribution in [0.4, 0.5) is 10.1 Å². The number of sulfonamides is 1. The molecule has 1 aromatic heterocycles. The van der Waals surface area contributed by atoms with Crippen LogP contribution < -0.4 is 4.72 Å². The number of benzene rings is 1. The summed E-state index contributed by atoms with van der Waals surface area (Å²) in [6.45, 7) is 2.02. The Hall–Kier alpha value is -1.40. The van der Waals surface area contributed by atoms with E-state index >= 15 is 0 Å². The van der Waals surface area contributed by atoms with Gasteiger partial charge in [0.2, 0.25) is 0 Å². The maximum Gasteiger partial charge on any atom is 0.271 e. The molecule has 1 N–H and O–H groups in total. The molecule has 0 aliphatic heterocycles. The fourth-order valence-corrected chi connectivity index (χ4v) is 3.52. The molecule has 0 saturated heterocycles. The van der Waals surface area contributed by atoms with Crippen LogP contribution in [0.15, 0.2) is 40.6 Å². The maximum atomic E-state index is 12.8. The van der Waals surface area contributed by atoms with Gasteiger partial charge in [0.15, 0.2) is 5.13 Å². The van der Waals surface area contributed by atoms with Crippen molar-refractivity contribution in [3.63, 3.8) is 0 Å². The van der Waals surface area contributed by atoms with Crippen LogP contribution in [-0.4, -0.2) is 8.42 Å². The first-order valence-corrected chi connectivity index (χ1v) is 7.68. The van der Waals surface area contributed by atoms with Crippen molar-refractivity contribution in [2.45, 2.75) is 17.6 Å². The first-order valence-electron chi connectivity index (χ1n) is 5.38. The zero-order valence-corrected chi connectivity index (χ0v) is 11.3. The van der Waals surface area contributed by atoms with Gasteiger partial charge < -0.3 is 0 Å². The first kappa shape index (κ1) is 13.0. The molecule has 0 spiro atoms. The lowest BCUT2D eigenvalue weighted by atomic mass is 10.2. The third kappa shape index (κ3) is 2.88. The molecular formula is C12H12FNO2S2. The van der Waals surface area contributed by atoms with E-state index in [-0.39, 0.29) is 4.21 Å². The van der Waals surface area contributed by atoms with Crippen LogP contribution in [0.3, 0.4) is 0 Å². The van der Waals surface area contributed by atoms with E-state index in [0.717, 1.165) is 18.1 Å². The van der Waals surface area contributed by atoms with Crippen LogP contribution >= 0.6 is 11.3 Å². The number of thiophene rings is 1. The van der Waals surface area contributed by atoms with Gasteiger partial charge in [0.1, 0.15) is 4.21 Å². The van der Waals surface area contributed by atoms with Gasteiger partial charge in [-0.2, -0.15) is 4.39 Å². The van der Waals surface area contributed by atoms with E-state index in [2.05, 4.69) is 4.72 Å². The molecule has 2 rings (SSSR count). The number of aryl methyl sites for hydroxylation is 1. The highest BCUT2D eigenvalue weighted by Gasteiger charge is 2.16. The number of hydrogen-bond acceptors (Lipinski definition) is 3. The minimum absolute atomic E-state index is 0.0282. The quantitative estimate of drug-likeness (QED) is 0.937. The zero-order chi connectivity index (χ0) is 13.2. The molecule has 0 bridgehead atoms. The maximum absolute atomic E-state index is 12.8. The molecule has 3 nitrogen and oxygen atoms in total. The molecule has 0 saturated carbocycles. The summed E-state index contributed by atoms with van der Waals surface area (Å²) in [4.78, 5) is 0. The molecule has 1 aromatic carbocycles. The molecule has 6 heteroatoms. The van der Waals surface area contributed by atoms with E-state index in [4.69, 9.17) is 0 Å². The minimum Gasteiger partial charge on any atom is -0.279 e. The average Bonchev–Trinajstić information content (AvgIpc) is 2.77. The van der Waals surface area contributed by atoms with Gasteiger partial charge in [-0.3, -0.25) is 4.72 Å². The monoisotopic (exact) mass is 285 g/mol. The molecule has 96 valence electrons. The van der Waals surface area contributed by atoms with Gasteiger partial charge in [-0.25, -0.2) is 8.42 Å². The molecule has 0 aliphatic rings. The summed E-state index contributed by atoms with van der Waals surface area (Å²) < 4.78 is 39.0. The molecular weight excluding hydrogens is 273 g/mol. The summed E-state index contributed by atoms with van der Waals surface area (Å²) in [5.41, 5.74) is 1.60. The molecule has 0 radical (unpaired) electrons. The molecule has 0 fully saturated rings. The molecule has 18 heavy (non-hydrogen) atoms. The highest BCUT2D eigenvalue weighted by Crippen LogP contribution is 2.23. The lowest BCUT2D eigenvalue weighted by Crippen LogP contribution is -2.11. The molecule has 1 heterocycles. The second kappa shape index (κ2) is 5.07. The van der Waals surface area contributed by atoms with Gasteiger partial charge in [-0.1, -0.05) is 30.4 Å². The van der Waals surface area contributed by atoms with Crippen molar-refractivity contribution in [2.75, 3.05) is 4.72 Å². The summed E-state index contributed by atoms with van der Waals surface area (Å²) in [6, 6.07) is 9.49. The van der Waals surface area contributed by atoms with Crippen molar-refractivity contribution in [1.82, 2.24) is 0 Å². The predicted molar refractivity (Wildman–Crippen MR) is 70.9 cm³/mol. The van der Waals surface area contributed by atoms with Gasteiger partial charge in [-0.05, 0) is 36.2 Å². The Kier molecular flexibility index (Phi) is 3.68. The van der Waals surface area contributed by atoms with E-state index in [9.17, 15) is 12.8 Å². The second-order valence-corrected chi connectivity index (χ2v) is 6.66. The zero-order valence-electron chi connectivity index (χ0n) is 9.68. The number of rotatable bonds is 4. The first-order chi connectivity index (χ1) is 8.51. The smallest absolute Gasteiger partial charge is 0.271 e. The summed E-state index contributed by atoms with van der Waals surface area (Å²) in [5.74, 6) is 0. The largest absolute Gasteiger partial charge is 0.279 e. The van der Waals surface area contributed by atoms with Crippen LogP contribution in [0.25, 0.3) is 0 Å². The van der Waals surface area contributed by atoms with Crippen molar-refractivity contribution < 1.29 is 12.8 Å². The number of hydrogen-bond donors (Lipinski definition) is 1. The lowest BCUT2D eigenvalue weighted by Gasteiger charge is -2.06. The number of anilines is 1. The van der Waals surface area contributed by atoms with Crippen molar-refractivity contribution >= 4 is 27.0 Å². The lowest BCUT2D eigenvalue weighted by molar-refractivity contribution is 0.603. The van der Waals surface area contributed by atoms with Crippen LogP contribution in [0, 0.1) is 5.13 Å². The highest BCUT2D eigenvalue weighted by atomic mass is 32.2. The highest BCUT2D eigenvalue weighted by molar-refractivity contribution is 7.94. The van der Waals surface area contributed by atoms with Gasteiger partial charge in [0, 0.05) is 5.69 Å². The second-order valence-electron chi connectivity index (χ2n) is 3.71. The Morgan fingerprint density at radius 2 is 1.83 bits per heavy atom. The molecule has 0 unspecified atom stereocenters. The standard InChI is InChI=1S/C12H12FNO2S2/c1-2-9-3-5-10(6-4-9)14-18(15,16)12-8-7-11(13)17-12/h3-8,14H,2H2,1H3. The number of halogens is 1. The van der Waals surface area contributed by atoms with Crippen molar-refractivity contribution in [3.05, 3.63) is 47.1 Å². The van der Waals surface area contributed by atoms with Gasteiger partial charge >= 0.3 is 0 Å². The summed E-state index contributed by atoms with van der Waals surface area (Å²) >= 11 is 0.604. The fourth-order valence-electron chi connectivity index (χ4n) is 1.46. The van der Waals surface area contributed by atoms with Crippen molar-refractivity contribution in [2.24, 2.45) is 0 Å². The van der Waals surface area contributed by atoms with Gasteiger partial charge in [0.05, 0.1) is 0 Å². The molecule has 0 atom stereocenters. The summed E-state index contributed by atoms with van der Waals surface area (Å²) in [7, 11) is -3.68. The Balaban J connectivity index is 2.22. The Morgan fingerprint density at radius 1 is 1.17 bits per heavy atom. The van der Waals surface area contributed by atoms with Gasteiger partial charge in [0.25, 0.3) is 10.0 Å². The van der Waals surface area contributed by atoms with E-state index < -0.39 is 15.2 Å². The fraction of sp³-hybridized carbons (Fsp3) is 0.167. The van der Waals surface area contributed by atoms with Crippen LogP contribution in [-0.2, 0) is 16.4 Å².